The van der Waals surface area contributed by atoms with Gasteiger partial charge in [-0.3, -0.25) is 0 Å². The van der Waals surface area contributed by atoms with Gasteiger partial charge in [-0.15, -0.1) is 0 Å². The quantitative estimate of drug-likeness (QED) is 0.135. The molecule has 2 N–H and O–H groups in total. The zero-order valence-corrected chi connectivity index (χ0v) is 21.5. The van der Waals surface area contributed by atoms with Crippen LogP contribution in [0.2, 0.25) is 0 Å². The van der Waals surface area contributed by atoms with Gasteiger partial charge in [0.25, 0.3) is 0 Å². The highest BCUT2D eigenvalue weighted by molar-refractivity contribution is 5.93. The lowest BCUT2D eigenvalue weighted by Crippen LogP contribution is -2.07. The van der Waals surface area contributed by atoms with Crippen molar-refractivity contribution in [1.29, 1.82) is 0 Å². The first-order valence-corrected chi connectivity index (χ1v) is 12.5. The molecule has 41 heavy (non-hydrogen) atoms. The van der Waals surface area contributed by atoms with Crippen molar-refractivity contribution < 1.29 is 46.8 Å². The van der Waals surface area contributed by atoms with E-state index < -0.39 is 35.2 Å². The number of rotatable bonds is 12. The predicted molar refractivity (Wildman–Crippen MR) is 142 cm³/mol. The molecule has 0 aliphatic heterocycles. The van der Waals surface area contributed by atoms with E-state index >= 15 is 0 Å². The SMILES string of the molecule is O=C(O)c1cc(-c2ccc(F)cc2F)ccc1OCCCCCOc1ccc(-c2ccc(F)cc2F)cc1C(=O)O. The summed E-state index contributed by atoms with van der Waals surface area (Å²) in [5.74, 6) is -5.44. The molecule has 0 amide bonds. The Balaban J connectivity index is 1.30. The number of hydrogen-bond acceptors (Lipinski definition) is 4. The number of carboxylic acid groups (broad SMARTS) is 2. The Bertz CT molecular complexity index is 1470. The van der Waals surface area contributed by atoms with Gasteiger partial charge in [-0.2, -0.15) is 0 Å². The summed E-state index contributed by atoms with van der Waals surface area (Å²) in [5.41, 5.74) is 0.314. The van der Waals surface area contributed by atoms with E-state index in [0.29, 0.717) is 19.3 Å². The molecule has 0 heterocycles. The number of ether oxygens (including phenoxy) is 2. The molecular weight excluding hydrogens is 544 g/mol. The van der Waals surface area contributed by atoms with E-state index in [9.17, 15) is 37.4 Å². The first-order valence-electron chi connectivity index (χ1n) is 12.5. The second kappa shape index (κ2) is 13.0. The molecule has 0 aliphatic rings. The minimum absolute atomic E-state index is 0.0590. The topological polar surface area (TPSA) is 93.1 Å². The summed E-state index contributed by atoms with van der Waals surface area (Å²) in [6.45, 7) is 0.367. The molecule has 0 radical (unpaired) electrons. The van der Waals surface area contributed by atoms with Crippen molar-refractivity contribution in [1.82, 2.24) is 0 Å². The van der Waals surface area contributed by atoms with Crippen molar-refractivity contribution in [2.45, 2.75) is 19.3 Å². The second-order valence-electron chi connectivity index (χ2n) is 9.04. The van der Waals surface area contributed by atoms with Crippen LogP contribution in [-0.4, -0.2) is 35.4 Å². The van der Waals surface area contributed by atoms with Crippen LogP contribution in [0.3, 0.4) is 0 Å². The number of hydrogen-bond donors (Lipinski definition) is 2. The summed E-state index contributed by atoms with van der Waals surface area (Å²) in [7, 11) is 0. The van der Waals surface area contributed by atoms with Crippen molar-refractivity contribution in [3.05, 3.63) is 107 Å². The van der Waals surface area contributed by atoms with E-state index in [4.69, 9.17) is 9.47 Å². The van der Waals surface area contributed by atoms with E-state index in [2.05, 4.69) is 0 Å². The first kappa shape index (κ1) is 29.1. The molecule has 212 valence electrons. The van der Waals surface area contributed by atoms with Crippen LogP contribution in [0.4, 0.5) is 17.6 Å². The Morgan fingerprint density at radius 2 is 0.976 bits per heavy atom. The molecule has 0 bridgehead atoms. The maximum atomic E-state index is 14.1. The van der Waals surface area contributed by atoms with Gasteiger partial charge in [0.2, 0.25) is 0 Å². The molecule has 0 aliphatic carbocycles. The smallest absolute Gasteiger partial charge is 0.339 e. The van der Waals surface area contributed by atoms with Crippen LogP contribution in [-0.2, 0) is 0 Å². The van der Waals surface area contributed by atoms with E-state index in [1.165, 1.54) is 48.5 Å². The third kappa shape index (κ3) is 7.21. The van der Waals surface area contributed by atoms with E-state index in [1.54, 1.807) is 0 Å². The molecular formula is C31H24F4O6. The fraction of sp³-hybridized carbons (Fsp3) is 0.161. The number of carbonyl (C=O) groups is 2. The van der Waals surface area contributed by atoms with Crippen LogP contribution in [0.25, 0.3) is 22.3 Å². The third-order valence-electron chi connectivity index (χ3n) is 6.21. The summed E-state index contributed by atoms with van der Waals surface area (Å²) in [6, 6.07) is 14.4. The van der Waals surface area contributed by atoms with Gasteiger partial charge in [-0.1, -0.05) is 12.1 Å². The molecule has 4 rings (SSSR count). The van der Waals surface area contributed by atoms with Crippen molar-refractivity contribution >= 4 is 11.9 Å². The molecule has 0 spiro atoms. The molecule has 10 heteroatoms. The predicted octanol–water partition coefficient (Wildman–Crippen LogP) is 7.60. The highest BCUT2D eigenvalue weighted by Crippen LogP contribution is 2.31. The lowest BCUT2D eigenvalue weighted by molar-refractivity contribution is 0.0681. The van der Waals surface area contributed by atoms with Gasteiger partial charge in [0.15, 0.2) is 0 Å². The number of carboxylic acids is 2. The molecule has 4 aromatic carbocycles. The number of unbranched alkanes of at least 4 members (excludes halogenated alkanes) is 2. The van der Waals surface area contributed by atoms with Gasteiger partial charge in [0, 0.05) is 23.3 Å². The average molecular weight is 569 g/mol. The zero-order valence-electron chi connectivity index (χ0n) is 21.5. The van der Waals surface area contributed by atoms with E-state index in [0.717, 1.165) is 24.3 Å². The van der Waals surface area contributed by atoms with Crippen molar-refractivity contribution in [3.8, 4) is 33.8 Å². The van der Waals surface area contributed by atoms with Crippen molar-refractivity contribution in [2.24, 2.45) is 0 Å². The van der Waals surface area contributed by atoms with Crippen LogP contribution in [0.1, 0.15) is 40.0 Å². The van der Waals surface area contributed by atoms with Crippen molar-refractivity contribution in [3.63, 3.8) is 0 Å². The molecule has 6 nitrogen and oxygen atoms in total. The van der Waals surface area contributed by atoms with Crippen LogP contribution in [0, 0.1) is 23.3 Å². The molecule has 0 saturated heterocycles. The average Bonchev–Trinajstić information content (AvgIpc) is 2.92. The van der Waals surface area contributed by atoms with Crippen LogP contribution in [0.15, 0.2) is 72.8 Å². The Hall–Kier alpha value is -4.86. The number of aromatic carboxylic acids is 2. The Labute approximate surface area is 232 Å². The van der Waals surface area contributed by atoms with Gasteiger partial charge in [-0.25, -0.2) is 27.2 Å². The Kier molecular flexibility index (Phi) is 9.23. The summed E-state index contributed by atoms with van der Waals surface area (Å²) < 4.78 is 65.9. The molecule has 0 aromatic heterocycles. The number of benzene rings is 4. The fourth-order valence-electron chi connectivity index (χ4n) is 4.17. The maximum Gasteiger partial charge on any atom is 0.339 e. The zero-order chi connectivity index (χ0) is 29.5. The lowest BCUT2D eigenvalue weighted by atomic mass is 10.0. The summed E-state index contributed by atoms with van der Waals surface area (Å²) >= 11 is 0. The van der Waals surface area contributed by atoms with Gasteiger partial charge >= 0.3 is 11.9 Å². The summed E-state index contributed by atoms with van der Waals surface area (Å²) in [5, 5.41) is 19.1. The van der Waals surface area contributed by atoms with Crippen LogP contribution < -0.4 is 9.47 Å². The largest absolute Gasteiger partial charge is 0.493 e. The van der Waals surface area contributed by atoms with Crippen LogP contribution in [0.5, 0.6) is 11.5 Å². The molecule has 0 fully saturated rings. The first-order chi connectivity index (χ1) is 19.6. The lowest BCUT2D eigenvalue weighted by Gasteiger charge is -2.13. The van der Waals surface area contributed by atoms with Crippen LogP contribution >= 0.6 is 0 Å². The van der Waals surface area contributed by atoms with E-state index in [1.807, 2.05) is 0 Å². The highest BCUT2D eigenvalue weighted by atomic mass is 19.1. The number of halogens is 4. The highest BCUT2D eigenvalue weighted by Gasteiger charge is 2.17. The Morgan fingerprint density at radius 3 is 1.34 bits per heavy atom. The normalized spacial score (nSPS) is 10.8. The van der Waals surface area contributed by atoms with Gasteiger partial charge in [0.05, 0.1) is 13.2 Å². The minimum Gasteiger partial charge on any atom is -0.493 e. The van der Waals surface area contributed by atoms with E-state index in [-0.39, 0.29) is 58.1 Å². The monoisotopic (exact) mass is 568 g/mol. The van der Waals surface area contributed by atoms with Gasteiger partial charge in [-0.05, 0) is 78.9 Å². The molecule has 0 unspecified atom stereocenters. The molecule has 4 aromatic rings. The standard InChI is InChI=1S/C31H24F4O6/c32-20-6-8-22(26(34)16-20)18-4-10-28(24(14-18)30(36)37)40-12-2-1-3-13-41-29-11-5-19(15-25(29)31(38)39)23-9-7-21(33)17-27(23)35/h4-11,14-17H,1-3,12-13H2,(H,36,37)(H,38,39). The summed E-state index contributed by atoms with van der Waals surface area (Å²) in [6.07, 6.45) is 1.68. The fourth-order valence-corrected chi connectivity index (χ4v) is 4.17. The summed E-state index contributed by atoms with van der Waals surface area (Å²) in [4.78, 5) is 23.5. The van der Waals surface area contributed by atoms with Gasteiger partial charge in [0.1, 0.15) is 45.9 Å². The minimum atomic E-state index is -1.26. The molecule has 0 atom stereocenters. The van der Waals surface area contributed by atoms with Gasteiger partial charge < -0.3 is 19.7 Å². The third-order valence-corrected chi connectivity index (χ3v) is 6.21. The second-order valence-corrected chi connectivity index (χ2v) is 9.04. The maximum absolute atomic E-state index is 14.1. The van der Waals surface area contributed by atoms with Crippen molar-refractivity contribution in [2.75, 3.05) is 13.2 Å². The molecule has 0 saturated carbocycles. The Morgan fingerprint density at radius 1 is 0.561 bits per heavy atom.